The fraction of sp³-hybridized carbons (Fsp3) is 0.733. The molecule has 1 heterocycles. The van der Waals surface area contributed by atoms with Gasteiger partial charge in [0.15, 0.2) is 0 Å². The van der Waals surface area contributed by atoms with Gasteiger partial charge in [-0.2, -0.15) is 0 Å². The standard InChI is InChI=1S/C15H24ClNO4/c1-11(9-16)8-15(12(18)19)6-5-7-17(10-15)13(20)21-14(2,3)4/h9H,5-8,10H2,1-4H3,(H,18,19). The van der Waals surface area contributed by atoms with E-state index >= 15 is 0 Å². The largest absolute Gasteiger partial charge is 0.481 e. The van der Waals surface area contributed by atoms with Gasteiger partial charge in [-0.05, 0) is 47.0 Å². The Morgan fingerprint density at radius 2 is 2.05 bits per heavy atom. The summed E-state index contributed by atoms with van der Waals surface area (Å²) in [7, 11) is 0. The fourth-order valence-electron chi connectivity index (χ4n) is 2.58. The minimum atomic E-state index is -0.982. The van der Waals surface area contributed by atoms with Crippen molar-refractivity contribution in [1.82, 2.24) is 4.90 Å². The van der Waals surface area contributed by atoms with Crippen LogP contribution in [-0.2, 0) is 9.53 Å². The van der Waals surface area contributed by atoms with Crippen molar-refractivity contribution in [2.45, 2.75) is 52.6 Å². The lowest BCUT2D eigenvalue weighted by molar-refractivity contribution is -0.152. The van der Waals surface area contributed by atoms with Crippen LogP contribution in [0.4, 0.5) is 4.79 Å². The molecule has 5 nitrogen and oxygen atoms in total. The number of hydrogen-bond donors (Lipinski definition) is 1. The van der Waals surface area contributed by atoms with E-state index in [2.05, 4.69) is 0 Å². The second-order valence-corrected chi connectivity index (χ2v) is 6.94. The Hall–Kier alpha value is -1.23. The first-order valence-electron chi connectivity index (χ1n) is 7.07. The molecule has 1 aliphatic heterocycles. The third-order valence-corrected chi connectivity index (χ3v) is 3.86. The van der Waals surface area contributed by atoms with Crippen molar-refractivity contribution < 1.29 is 19.4 Å². The molecule has 6 heteroatoms. The third kappa shape index (κ3) is 4.92. The number of piperidine rings is 1. The number of carbonyl (C=O) groups excluding carboxylic acids is 1. The Balaban J connectivity index is 2.89. The molecule has 0 aromatic heterocycles. The maximum absolute atomic E-state index is 12.1. The van der Waals surface area contributed by atoms with E-state index in [0.29, 0.717) is 25.8 Å². The van der Waals surface area contributed by atoms with Gasteiger partial charge in [-0.1, -0.05) is 17.2 Å². The first kappa shape index (κ1) is 17.8. The normalized spacial score (nSPS) is 23.9. The Morgan fingerprint density at radius 3 is 2.52 bits per heavy atom. The molecule has 0 radical (unpaired) electrons. The summed E-state index contributed by atoms with van der Waals surface area (Å²) in [5.74, 6) is -0.895. The zero-order chi connectivity index (χ0) is 16.3. The lowest BCUT2D eigenvalue weighted by atomic mass is 9.75. The van der Waals surface area contributed by atoms with E-state index < -0.39 is 23.1 Å². The van der Waals surface area contributed by atoms with Gasteiger partial charge in [0.05, 0.1) is 5.41 Å². The number of rotatable bonds is 3. The van der Waals surface area contributed by atoms with Crippen molar-refractivity contribution in [2.75, 3.05) is 13.1 Å². The van der Waals surface area contributed by atoms with Gasteiger partial charge in [0, 0.05) is 18.6 Å². The summed E-state index contributed by atoms with van der Waals surface area (Å²) in [6, 6.07) is 0. The van der Waals surface area contributed by atoms with Gasteiger partial charge in [-0.3, -0.25) is 4.79 Å². The molecular weight excluding hydrogens is 294 g/mol. The molecule has 1 unspecified atom stereocenters. The molecular formula is C15H24ClNO4. The zero-order valence-corrected chi connectivity index (χ0v) is 13.9. The summed E-state index contributed by atoms with van der Waals surface area (Å²) < 4.78 is 5.33. The highest BCUT2D eigenvalue weighted by atomic mass is 35.5. The first-order valence-corrected chi connectivity index (χ1v) is 7.50. The maximum Gasteiger partial charge on any atom is 0.410 e. The van der Waals surface area contributed by atoms with Crippen LogP contribution in [-0.4, -0.2) is 40.8 Å². The van der Waals surface area contributed by atoms with E-state index in [4.69, 9.17) is 16.3 Å². The van der Waals surface area contributed by atoms with Gasteiger partial charge in [0.2, 0.25) is 0 Å². The molecule has 120 valence electrons. The summed E-state index contributed by atoms with van der Waals surface area (Å²) >= 11 is 5.66. The van der Waals surface area contributed by atoms with E-state index in [1.165, 1.54) is 10.4 Å². The average Bonchev–Trinajstić information content (AvgIpc) is 2.36. The van der Waals surface area contributed by atoms with Crippen LogP contribution in [0, 0.1) is 5.41 Å². The molecule has 0 bridgehead atoms. The number of carboxylic acid groups (broad SMARTS) is 1. The van der Waals surface area contributed by atoms with Crippen molar-refractivity contribution in [3.05, 3.63) is 11.1 Å². The number of aliphatic carboxylic acids is 1. The van der Waals surface area contributed by atoms with E-state index in [1.54, 1.807) is 27.7 Å². The number of hydrogen-bond acceptors (Lipinski definition) is 3. The van der Waals surface area contributed by atoms with Gasteiger partial charge >= 0.3 is 12.1 Å². The van der Waals surface area contributed by atoms with Crippen LogP contribution < -0.4 is 0 Å². The Morgan fingerprint density at radius 1 is 1.43 bits per heavy atom. The van der Waals surface area contributed by atoms with Crippen LogP contribution in [0.25, 0.3) is 0 Å². The van der Waals surface area contributed by atoms with Crippen LogP contribution in [0.2, 0.25) is 0 Å². The van der Waals surface area contributed by atoms with Gasteiger partial charge in [-0.15, -0.1) is 0 Å². The van der Waals surface area contributed by atoms with Gasteiger partial charge < -0.3 is 14.7 Å². The topological polar surface area (TPSA) is 66.8 Å². The number of ether oxygens (including phenoxy) is 1. The third-order valence-electron chi connectivity index (χ3n) is 3.49. The van der Waals surface area contributed by atoms with Crippen LogP contribution >= 0.6 is 11.6 Å². The molecule has 21 heavy (non-hydrogen) atoms. The van der Waals surface area contributed by atoms with Crippen molar-refractivity contribution in [3.63, 3.8) is 0 Å². The molecule has 1 aliphatic rings. The molecule has 1 atom stereocenters. The van der Waals surface area contributed by atoms with Crippen LogP contribution in [0.1, 0.15) is 47.0 Å². The second kappa shape index (κ2) is 6.69. The first-order chi connectivity index (χ1) is 9.59. The Kier molecular flexibility index (Phi) is 5.68. The maximum atomic E-state index is 12.1. The van der Waals surface area contributed by atoms with Crippen molar-refractivity contribution in [1.29, 1.82) is 0 Å². The molecule has 1 amide bonds. The van der Waals surface area contributed by atoms with Gasteiger partial charge in [-0.25, -0.2) is 4.79 Å². The van der Waals surface area contributed by atoms with E-state index in [-0.39, 0.29) is 6.54 Å². The number of carbonyl (C=O) groups is 2. The monoisotopic (exact) mass is 317 g/mol. The molecule has 0 aliphatic carbocycles. The predicted molar refractivity (Wildman–Crippen MR) is 81.3 cm³/mol. The number of allylic oxidation sites excluding steroid dienone is 1. The predicted octanol–water partition coefficient (Wildman–Crippen LogP) is 3.62. The molecule has 0 aromatic rings. The molecule has 0 aromatic carbocycles. The van der Waals surface area contributed by atoms with Gasteiger partial charge in [0.25, 0.3) is 0 Å². The fourth-order valence-corrected chi connectivity index (χ4v) is 2.66. The van der Waals surface area contributed by atoms with Gasteiger partial charge in [0.1, 0.15) is 5.60 Å². The van der Waals surface area contributed by atoms with E-state index in [0.717, 1.165) is 5.57 Å². The summed E-state index contributed by atoms with van der Waals surface area (Å²) in [4.78, 5) is 25.4. The minimum Gasteiger partial charge on any atom is -0.481 e. The molecule has 0 spiro atoms. The number of halogens is 1. The summed E-state index contributed by atoms with van der Waals surface area (Å²) in [5, 5.41) is 9.62. The summed E-state index contributed by atoms with van der Waals surface area (Å²) in [6.45, 7) is 7.84. The number of amides is 1. The van der Waals surface area contributed by atoms with E-state index in [1.807, 2.05) is 0 Å². The lowest BCUT2D eigenvalue weighted by Crippen LogP contribution is -2.51. The highest BCUT2D eigenvalue weighted by Gasteiger charge is 2.44. The zero-order valence-electron chi connectivity index (χ0n) is 13.1. The molecule has 0 saturated carbocycles. The van der Waals surface area contributed by atoms with E-state index in [9.17, 15) is 14.7 Å². The number of likely N-dealkylation sites (tertiary alicyclic amines) is 1. The summed E-state index contributed by atoms with van der Waals surface area (Å²) in [5.41, 5.74) is 0.624. The molecule has 1 saturated heterocycles. The van der Waals surface area contributed by atoms with Crippen molar-refractivity contribution in [3.8, 4) is 0 Å². The molecule has 1 rings (SSSR count). The number of nitrogens with zero attached hydrogens (tertiary/aromatic N) is 1. The average molecular weight is 318 g/mol. The molecule has 1 fully saturated rings. The summed E-state index contributed by atoms with van der Waals surface area (Å²) in [6.07, 6.45) is 1.05. The molecule has 1 N–H and O–H groups in total. The Bertz CT molecular complexity index is 441. The van der Waals surface area contributed by atoms with Crippen LogP contribution in [0.5, 0.6) is 0 Å². The van der Waals surface area contributed by atoms with Crippen molar-refractivity contribution >= 4 is 23.7 Å². The number of carboxylic acids is 1. The van der Waals surface area contributed by atoms with Crippen LogP contribution in [0.3, 0.4) is 0 Å². The second-order valence-electron chi connectivity index (χ2n) is 6.72. The van der Waals surface area contributed by atoms with Crippen molar-refractivity contribution in [2.24, 2.45) is 5.41 Å². The smallest absolute Gasteiger partial charge is 0.410 e. The highest BCUT2D eigenvalue weighted by Crippen LogP contribution is 2.37. The van der Waals surface area contributed by atoms with Crippen LogP contribution in [0.15, 0.2) is 11.1 Å². The lowest BCUT2D eigenvalue weighted by Gasteiger charge is -2.40. The quantitative estimate of drug-likeness (QED) is 0.863. The minimum absolute atomic E-state index is 0.152. The highest BCUT2D eigenvalue weighted by molar-refractivity contribution is 6.25. The Labute approximate surface area is 130 Å². The SMILES string of the molecule is CC(=CCl)CC1(C(=O)O)CCCN(C(=O)OC(C)(C)C)C1.